The minimum absolute atomic E-state index is 0.147. The predicted octanol–water partition coefficient (Wildman–Crippen LogP) is 4.76. The third kappa shape index (κ3) is 5.04. The van der Waals surface area contributed by atoms with E-state index >= 15 is 0 Å². The molecule has 0 N–H and O–H groups in total. The highest BCUT2D eigenvalue weighted by molar-refractivity contribution is 7.99. The van der Waals surface area contributed by atoms with E-state index in [4.69, 9.17) is 16.9 Å². The molecule has 192 valence electrons. The van der Waals surface area contributed by atoms with Crippen molar-refractivity contribution < 1.29 is 18.0 Å². The number of amides is 1. The standard InChI is InChI=1S/C23H18ClF3N4O2S.C2H3N/c1-12(25)22(32)30-6-4-29(5-7-30)21-15-11-16(24)18(14-3-2-13(26)10-17(14)27)20-19(15)31(8-9-34-20)23(33)28-21;1-2-3/h2-3,10-11H,1,4-9H2;1H3. The molecule has 0 unspecified atom stereocenters. The van der Waals surface area contributed by atoms with Crippen LogP contribution in [-0.2, 0) is 11.3 Å². The maximum absolute atomic E-state index is 14.7. The van der Waals surface area contributed by atoms with Gasteiger partial charge in [0.25, 0.3) is 5.91 Å². The highest BCUT2D eigenvalue weighted by Gasteiger charge is 2.29. The molecule has 12 heteroatoms. The molecule has 0 aliphatic carbocycles. The molecular weight excluding hydrogens is 527 g/mol. The minimum atomic E-state index is -1.02. The summed E-state index contributed by atoms with van der Waals surface area (Å²) < 4.78 is 43.0. The molecule has 7 nitrogen and oxygen atoms in total. The van der Waals surface area contributed by atoms with Gasteiger partial charge in [-0.2, -0.15) is 10.2 Å². The van der Waals surface area contributed by atoms with Crippen molar-refractivity contribution in [2.45, 2.75) is 18.4 Å². The molecule has 1 amide bonds. The molecular formula is C25H21ClF3N5O2S. The Balaban J connectivity index is 0.00000102. The molecule has 1 aromatic heterocycles. The van der Waals surface area contributed by atoms with Crippen LogP contribution in [0.2, 0.25) is 5.02 Å². The van der Waals surface area contributed by atoms with Gasteiger partial charge in [0.2, 0.25) is 0 Å². The molecule has 3 aromatic rings. The first-order valence-electron chi connectivity index (χ1n) is 11.2. The molecule has 1 fully saturated rings. The Labute approximate surface area is 219 Å². The van der Waals surface area contributed by atoms with Crippen LogP contribution in [0.4, 0.5) is 19.0 Å². The Morgan fingerprint density at radius 3 is 2.49 bits per heavy atom. The SMILES string of the molecule is C=C(F)C(=O)N1CCN(c2nc(=O)n3c4c(c(-c5ccc(F)cc5F)c(Cl)cc24)SCC3)CC1.CC#N. The van der Waals surface area contributed by atoms with E-state index in [0.29, 0.717) is 52.6 Å². The number of carbonyl (C=O) groups excluding carboxylic acids is 1. The Bertz CT molecular complexity index is 1510. The van der Waals surface area contributed by atoms with E-state index < -0.39 is 29.1 Å². The van der Waals surface area contributed by atoms with Crippen LogP contribution in [0.25, 0.3) is 22.0 Å². The highest BCUT2D eigenvalue weighted by Crippen LogP contribution is 2.46. The monoisotopic (exact) mass is 547 g/mol. The molecule has 2 aliphatic heterocycles. The van der Waals surface area contributed by atoms with Gasteiger partial charge in [-0.25, -0.2) is 18.0 Å². The van der Waals surface area contributed by atoms with E-state index in [1.165, 1.54) is 29.7 Å². The van der Waals surface area contributed by atoms with Crippen LogP contribution < -0.4 is 10.6 Å². The highest BCUT2D eigenvalue weighted by atomic mass is 35.5. The number of carbonyl (C=O) groups is 1. The Kier molecular flexibility index (Phi) is 7.80. The fourth-order valence-electron chi connectivity index (χ4n) is 4.43. The fourth-order valence-corrected chi connectivity index (χ4v) is 5.99. The second-order valence-electron chi connectivity index (χ2n) is 8.21. The molecule has 37 heavy (non-hydrogen) atoms. The first kappa shape index (κ1) is 26.6. The average molecular weight is 548 g/mol. The first-order valence-corrected chi connectivity index (χ1v) is 12.6. The van der Waals surface area contributed by atoms with Crippen molar-refractivity contribution in [3.05, 3.63) is 63.8 Å². The summed E-state index contributed by atoms with van der Waals surface area (Å²) >= 11 is 8.09. The number of nitriles is 1. The van der Waals surface area contributed by atoms with Crippen LogP contribution in [0.1, 0.15) is 6.92 Å². The van der Waals surface area contributed by atoms with Gasteiger partial charge < -0.3 is 9.80 Å². The molecule has 0 saturated carbocycles. The summed E-state index contributed by atoms with van der Waals surface area (Å²) in [7, 11) is 0. The quantitative estimate of drug-likeness (QED) is 0.440. The second-order valence-corrected chi connectivity index (χ2v) is 9.72. The van der Waals surface area contributed by atoms with Gasteiger partial charge in [0.1, 0.15) is 17.5 Å². The number of piperazine rings is 1. The molecule has 0 radical (unpaired) electrons. The molecule has 3 heterocycles. The van der Waals surface area contributed by atoms with E-state index in [2.05, 4.69) is 11.6 Å². The van der Waals surface area contributed by atoms with Crippen molar-refractivity contribution in [2.75, 3.05) is 36.8 Å². The number of aromatic nitrogens is 2. The molecule has 0 atom stereocenters. The van der Waals surface area contributed by atoms with Crippen molar-refractivity contribution >= 4 is 46.0 Å². The number of nitrogens with zero attached hydrogens (tertiary/aromatic N) is 5. The summed E-state index contributed by atoms with van der Waals surface area (Å²) in [4.78, 5) is 33.0. The van der Waals surface area contributed by atoms with Crippen LogP contribution in [0.3, 0.4) is 0 Å². The molecule has 1 saturated heterocycles. The number of hydrogen-bond donors (Lipinski definition) is 0. The summed E-state index contributed by atoms with van der Waals surface area (Å²) in [5, 5.41) is 8.19. The van der Waals surface area contributed by atoms with Crippen LogP contribution in [0.5, 0.6) is 0 Å². The van der Waals surface area contributed by atoms with Gasteiger partial charge in [0, 0.05) is 72.9 Å². The smallest absolute Gasteiger partial charge is 0.350 e. The summed E-state index contributed by atoms with van der Waals surface area (Å²) in [5.41, 5.74) is 0.685. The van der Waals surface area contributed by atoms with Gasteiger partial charge in [0.15, 0.2) is 5.83 Å². The van der Waals surface area contributed by atoms with Gasteiger partial charge in [0.05, 0.1) is 16.6 Å². The summed E-state index contributed by atoms with van der Waals surface area (Å²) in [5.74, 6) is -2.25. The number of benzene rings is 2. The van der Waals surface area contributed by atoms with E-state index in [1.807, 2.05) is 4.90 Å². The lowest BCUT2D eigenvalue weighted by molar-refractivity contribution is -0.128. The summed E-state index contributed by atoms with van der Waals surface area (Å²) in [6.07, 6.45) is 0. The third-order valence-corrected chi connectivity index (χ3v) is 7.38. The van der Waals surface area contributed by atoms with Gasteiger partial charge in [-0.3, -0.25) is 9.36 Å². The van der Waals surface area contributed by atoms with E-state index in [-0.39, 0.29) is 23.7 Å². The molecule has 2 aliphatic rings. The summed E-state index contributed by atoms with van der Waals surface area (Å²) in [6, 6.07) is 6.69. The Morgan fingerprint density at radius 2 is 1.86 bits per heavy atom. The molecule has 0 bridgehead atoms. The maximum Gasteiger partial charge on any atom is 0.350 e. The normalized spacial score (nSPS) is 14.6. The largest absolute Gasteiger partial charge is 0.352 e. The minimum Gasteiger partial charge on any atom is -0.352 e. The molecule has 0 spiro atoms. The Hall–Kier alpha value is -3.49. The lowest BCUT2D eigenvalue weighted by atomic mass is 10.0. The number of halogens is 4. The van der Waals surface area contributed by atoms with Crippen molar-refractivity contribution in [3.63, 3.8) is 0 Å². The number of anilines is 1. The average Bonchev–Trinajstić information content (AvgIpc) is 2.87. The second kappa shape index (κ2) is 10.9. The number of aryl methyl sites for hydroxylation is 1. The third-order valence-electron chi connectivity index (χ3n) is 6.01. The number of hydrogen-bond acceptors (Lipinski definition) is 6. The lowest BCUT2D eigenvalue weighted by Gasteiger charge is -2.36. The summed E-state index contributed by atoms with van der Waals surface area (Å²) in [6.45, 7) is 6.05. The Morgan fingerprint density at radius 1 is 1.19 bits per heavy atom. The predicted molar refractivity (Wildman–Crippen MR) is 137 cm³/mol. The zero-order chi connectivity index (χ0) is 26.9. The van der Waals surface area contributed by atoms with Crippen LogP contribution in [-0.4, -0.2) is 52.3 Å². The molecule has 2 aromatic carbocycles. The van der Waals surface area contributed by atoms with Gasteiger partial charge in [-0.15, -0.1) is 11.8 Å². The van der Waals surface area contributed by atoms with Crippen molar-refractivity contribution in [2.24, 2.45) is 0 Å². The molecule has 5 rings (SSSR count). The fraction of sp³-hybridized carbons (Fsp3) is 0.280. The van der Waals surface area contributed by atoms with Crippen molar-refractivity contribution in [1.82, 2.24) is 14.5 Å². The van der Waals surface area contributed by atoms with Gasteiger partial charge >= 0.3 is 5.69 Å². The van der Waals surface area contributed by atoms with Crippen molar-refractivity contribution in [3.8, 4) is 17.2 Å². The van der Waals surface area contributed by atoms with E-state index in [1.54, 1.807) is 16.7 Å². The van der Waals surface area contributed by atoms with E-state index in [0.717, 1.165) is 12.1 Å². The van der Waals surface area contributed by atoms with Gasteiger partial charge in [-0.05, 0) is 18.2 Å². The lowest BCUT2D eigenvalue weighted by Crippen LogP contribution is -2.49. The van der Waals surface area contributed by atoms with Crippen LogP contribution >= 0.6 is 23.4 Å². The first-order chi connectivity index (χ1) is 17.7. The zero-order valence-electron chi connectivity index (χ0n) is 19.7. The maximum atomic E-state index is 14.7. The number of rotatable bonds is 3. The topological polar surface area (TPSA) is 82.2 Å². The van der Waals surface area contributed by atoms with E-state index in [9.17, 15) is 22.8 Å². The van der Waals surface area contributed by atoms with Crippen LogP contribution in [0, 0.1) is 23.0 Å². The van der Waals surface area contributed by atoms with Gasteiger partial charge in [-0.1, -0.05) is 18.2 Å². The number of thioether (sulfide) groups is 1. The van der Waals surface area contributed by atoms with Crippen LogP contribution in [0.15, 0.2) is 46.4 Å². The zero-order valence-corrected chi connectivity index (χ0v) is 21.3. The van der Waals surface area contributed by atoms with Crippen molar-refractivity contribution in [1.29, 1.82) is 5.26 Å².